The predicted molar refractivity (Wildman–Crippen MR) is 175 cm³/mol. The zero-order chi connectivity index (χ0) is 29.9. The van der Waals surface area contributed by atoms with Crippen LogP contribution in [0.25, 0.3) is 12.2 Å². The van der Waals surface area contributed by atoms with Gasteiger partial charge in [-0.3, -0.25) is 14.2 Å². The van der Waals surface area contributed by atoms with E-state index in [1.165, 1.54) is 63.4 Å². The lowest BCUT2D eigenvalue weighted by atomic mass is 9.80. The number of para-hydroxylation sites is 2. The first-order valence-corrected chi connectivity index (χ1v) is 16.1. The van der Waals surface area contributed by atoms with Gasteiger partial charge in [-0.15, -0.1) is 11.3 Å². The number of rotatable bonds is 6. The van der Waals surface area contributed by atoms with Crippen LogP contribution in [0, 0.1) is 0 Å². The van der Waals surface area contributed by atoms with Crippen LogP contribution in [0.1, 0.15) is 62.6 Å². The Morgan fingerprint density at radius 3 is 2.56 bits per heavy atom. The second-order valence-corrected chi connectivity index (χ2v) is 13.6. The Labute approximate surface area is 255 Å². The number of nitrogens with zero attached hydrogens (tertiary/aromatic N) is 3. The summed E-state index contributed by atoms with van der Waals surface area (Å²) >= 11 is 1.39. The Balaban J connectivity index is 1.33. The van der Waals surface area contributed by atoms with Crippen molar-refractivity contribution < 1.29 is 9.90 Å². The molecule has 1 aromatic heterocycles. The van der Waals surface area contributed by atoms with Gasteiger partial charge in [0.2, 0.25) is 0 Å². The van der Waals surface area contributed by atoms with E-state index in [1.54, 1.807) is 0 Å². The van der Waals surface area contributed by atoms with Gasteiger partial charge in [-0.1, -0.05) is 62.7 Å². The first kappa shape index (κ1) is 27.7. The number of thiazole rings is 1. The zero-order valence-corrected chi connectivity index (χ0v) is 25.7. The van der Waals surface area contributed by atoms with Crippen molar-refractivity contribution in [1.82, 2.24) is 4.57 Å². The monoisotopic (exact) mass is 591 g/mol. The van der Waals surface area contributed by atoms with Crippen molar-refractivity contribution in [3.63, 3.8) is 0 Å². The highest BCUT2D eigenvalue weighted by molar-refractivity contribution is 7.07. The van der Waals surface area contributed by atoms with Crippen molar-refractivity contribution >= 4 is 46.5 Å². The Bertz CT molecular complexity index is 1890. The fourth-order valence-corrected chi connectivity index (χ4v) is 8.83. The minimum Gasteiger partial charge on any atom is -0.480 e. The number of hydrogen-bond donors (Lipinski definition) is 1. The molecule has 7 rings (SSSR count). The Morgan fingerprint density at radius 2 is 1.79 bits per heavy atom. The van der Waals surface area contributed by atoms with Gasteiger partial charge < -0.3 is 14.9 Å². The van der Waals surface area contributed by atoms with Crippen LogP contribution in [0.4, 0.5) is 17.1 Å². The number of hydrogen-bond acceptors (Lipinski definition) is 5. The van der Waals surface area contributed by atoms with E-state index in [9.17, 15) is 14.7 Å². The largest absolute Gasteiger partial charge is 0.480 e. The van der Waals surface area contributed by atoms with Crippen LogP contribution in [-0.2, 0) is 16.8 Å². The molecule has 4 aromatic rings. The van der Waals surface area contributed by atoms with Crippen molar-refractivity contribution in [2.75, 3.05) is 16.3 Å². The molecule has 3 unspecified atom stereocenters. The van der Waals surface area contributed by atoms with Crippen LogP contribution in [0.3, 0.4) is 0 Å². The molecular weight excluding hydrogens is 554 g/mol. The fraction of sp³-hybridized carbons (Fsp3) is 0.333. The van der Waals surface area contributed by atoms with Gasteiger partial charge >= 0.3 is 5.97 Å². The number of likely N-dealkylation sites (N-methyl/N-ethyl adjacent to an activating group) is 1. The maximum absolute atomic E-state index is 13.7. The lowest BCUT2D eigenvalue weighted by Gasteiger charge is -2.31. The maximum Gasteiger partial charge on any atom is 0.323 e. The number of benzene rings is 3. The number of fused-ring (bicyclic) bond motifs is 4. The van der Waals surface area contributed by atoms with E-state index in [-0.39, 0.29) is 23.6 Å². The van der Waals surface area contributed by atoms with Gasteiger partial charge in [-0.25, -0.2) is 0 Å². The third-order valence-electron chi connectivity index (χ3n) is 9.71. The minimum atomic E-state index is -1.02. The van der Waals surface area contributed by atoms with E-state index in [4.69, 9.17) is 0 Å². The Morgan fingerprint density at radius 1 is 1.02 bits per heavy atom. The number of aromatic nitrogens is 1. The zero-order valence-electron chi connectivity index (χ0n) is 24.9. The van der Waals surface area contributed by atoms with Crippen molar-refractivity contribution in [3.05, 3.63) is 109 Å². The highest BCUT2D eigenvalue weighted by Crippen LogP contribution is 2.52. The molecule has 2 aliphatic heterocycles. The lowest BCUT2D eigenvalue weighted by Crippen LogP contribution is -2.42. The normalized spacial score (nSPS) is 22.6. The van der Waals surface area contributed by atoms with Gasteiger partial charge in [0.15, 0.2) is 0 Å². The van der Waals surface area contributed by atoms with E-state index >= 15 is 0 Å². The summed E-state index contributed by atoms with van der Waals surface area (Å²) in [5.74, 6) is -0.543. The van der Waals surface area contributed by atoms with Crippen LogP contribution in [0.15, 0.2) is 77.6 Å². The molecule has 1 aliphatic carbocycles. The lowest BCUT2D eigenvalue weighted by molar-refractivity contribution is -0.137. The van der Waals surface area contributed by atoms with Crippen LogP contribution in [-0.4, -0.2) is 34.3 Å². The molecule has 1 saturated carbocycles. The van der Waals surface area contributed by atoms with Gasteiger partial charge in [-0.2, -0.15) is 0 Å². The number of carboxylic acid groups (broad SMARTS) is 1. The van der Waals surface area contributed by atoms with E-state index in [2.05, 4.69) is 109 Å². The summed E-state index contributed by atoms with van der Waals surface area (Å²) in [5, 5.41) is 9.74. The fourth-order valence-electron chi connectivity index (χ4n) is 7.75. The Hall–Kier alpha value is -4.10. The van der Waals surface area contributed by atoms with Crippen LogP contribution < -0.4 is 24.6 Å². The molecule has 0 amide bonds. The summed E-state index contributed by atoms with van der Waals surface area (Å²) in [4.78, 5) is 30.5. The van der Waals surface area contributed by atoms with Gasteiger partial charge in [-0.05, 0) is 78.9 Å². The van der Waals surface area contributed by atoms with Gasteiger partial charge in [0.1, 0.15) is 6.54 Å². The summed E-state index contributed by atoms with van der Waals surface area (Å²) < 4.78 is 2.68. The molecule has 7 heteroatoms. The molecule has 43 heavy (non-hydrogen) atoms. The first-order chi connectivity index (χ1) is 20.8. The molecule has 3 heterocycles. The van der Waals surface area contributed by atoms with Gasteiger partial charge in [0.25, 0.3) is 5.56 Å². The SMILES string of the molecule is CCN1c2ccccc2C(C)(C)C1C=c1s/c(=C/c2ccc3c(c2)C2CCCC2N3c2ccccc2)c(=O)n1CC(=O)O. The van der Waals surface area contributed by atoms with Crippen LogP contribution in [0.5, 0.6) is 0 Å². The van der Waals surface area contributed by atoms with Gasteiger partial charge in [0, 0.05) is 41.0 Å². The minimum absolute atomic E-state index is 0.0101. The molecular formula is C36H37N3O3S. The van der Waals surface area contributed by atoms with Crippen LogP contribution >= 0.6 is 11.3 Å². The number of carboxylic acids is 1. The summed E-state index contributed by atoms with van der Waals surface area (Å²) in [6.45, 7) is 7.04. The smallest absolute Gasteiger partial charge is 0.323 e. The summed E-state index contributed by atoms with van der Waals surface area (Å²) in [6, 6.07) is 26.0. The molecule has 3 aliphatic rings. The highest BCUT2D eigenvalue weighted by atomic mass is 32.1. The maximum atomic E-state index is 13.7. The summed E-state index contributed by atoms with van der Waals surface area (Å²) in [7, 11) is 0. The molecule has 1 fully saturated rings. The van der Waals surface area contributed by atoms with E-state index < -0.39 is 5.97 Å². The first-order valence-electron chi connectivity index (χ1n) is 15.3. The number of carbonyl (C=O) groups is 1. The van der Waals surface area contributed by atoms with E-state index in [0.717, 1.165) is 12.1 Å². The third-order valence-corrected chi connectivity index (χ3v) is 10.8. The van der Waals surface area contributed by atoms with E-state index in [0.29, 0.717) is 21.2 Å². The standard InChI is InChI=1S/C36H37N3O3S/c1-4-37-30-15-9-8-14-27(30)36(2,3)32(37)21-33-38(22-34(40)41)35(42)31(43-33)20-23-17-18-29-26(19-23)25-13-10-16-28(25)39(29)24-11-6-5-7-12-24/h5-9,11-12,14-15,17-21,25,28,32H,4,10,13,16,22H2,1-3H3,(H,40,41)/b31-20+,33-21?. The quantitative estimate of drug-likeness (QED) is 0.317. The van der Waals surface area contributed by atoms with Gasteiger partial charge in [0.05, 0.1) is 15.2 Å². The van der Waals surface area contributed by atoms with Crippen LogP contribution in [0.2, 0.25) is 0 Å². The number of anilines is 3. The van der Waals surface area contributed by atoms with Crippen molar-refractivity contribution in [2.45, 2.75) is 70.0 Å². The summed E-state index contributed by atoms with van der Waals surface area (Å²) in [6.07, 6.45) is 7.62. The highest BCUT2D eigenvalue weighted by Gasteiger charge is 2.43. The molecule has 6 nitrogen and oxygen atoms in total. The topological polar surface area (TPSA) is 65.8 Å². The molecule has 0 bridgehead atoms. The molecule has 220 valence electrons. The molecule has 1 N–H and O–H groups in total. The predicted octanol–water partition coefficient (Wildman–Crippen LogP) is 5.58. The molecule has 0 radical (unpaired) electrons. The van der Waals surface area contributed by atoms with Crippen molar-refractivity contribution in [3.8, 4) is 0 Å². The average Bonchev–Trinajstić information content (AvgIpc) is 3.71. The van der Waals surface area contributed by atoms with Crippen molar-refractivity contribution in [1.29, 1.82) is 0 Å². The number of aliphatic carboxylic acids is 1. The van der Waals surface area contributed by atoms with E-state index in [1.807, 2.05) is 6.08 Å². The third kappa shape index (κ3) is 4.52. The molecule has 0 spiro atoms. The second kappa shape index (κ2) is 10.6. The summed E-state index contributed by atoms with van der Waals surface area (Å²) in [5.41, 5.74) is 6.81. The Kier molecular flexibility index (Phi) is 6.81. The molecule has 3 aromatic carbocycles. The molecule has 3 atom stereocenters. The molecule has 0 saturated heterocycles. The second-order valence-electron chi connectivity index (χ2n) is 12.5. The van der Waals surface area contributed by atoms with Crippen molar-refractivity contribution in [2.24, 2.45) is 0 Å². The average molecular weight is 592 g/mol.